The first-order valence-corrected chi connectivity index (χ1v) is 8.58. The number of aromatic nitrogens is 3. The maximum Gasteiger partial charge on any atom is 0.228 e. The van der Waals surface area contributed by atoms with Crippen LogP contribution in [-0.4, -0.2) is 52.5 Å². The number of carbonyl (C=O) groups excluding carboxylic acids is 1. The number of nitrogens with one attached hydrogen (secondary N) is 1. The van der Waals surface area contributed by atoms with Crippen molar-refractivity contribution in [1.82, 2.24) is 25.2 Å². The Morgan fingerprint density at radius 1 is 1.24 bits per heavy atom. The van der Waals surface area contributed by atoms with E-state index in [0.717, 1.165) is 49.6 Å². The normalized spacial score (nSPS) is 15.0. The van der Waals surface area contributed by atoms with E-state index in [4.69, 9.17) is 0 Å². The second-order valence-corrected chi connectivity index (χ2v) is 6.43. The van der Waals surface area contributed by atoms with Gasteiger partial charge in [0.15, 0.2) is 0 Å². The number of hydrogen-bond donors (Lipinski definition) is 1. The maximum absolute atomic E-state index is 12.6. The first-order valence-electron chi connectivity index (χ1n) is 8.58. The first kappa shape index (κ1) is 19.4. The highest BCUT2D eigenvalue weighted by molar-refractivity contribution is 5.85. The summed E-state index contributed by atoms with van der Waals surface area (Å²) in [7, 11) is 1.98. The van der Waals surface area contributed by atoms with E-state index in [9.17, 15) is 4.79 Å². The number of nitrogens with zero attached hydrogens (tertiary/aromatic N) is 4. The Balaban J connectivity index is 0.00000225. The fourth-order valence-electron chi connectivity index (χ4n) is 3.27. The number of carbonyl (C=O) groups is 1. The monoisotopic (exact) mass is 363 g/mol. The zero-order chi connectivity index (χ0) is 16.9. The number of amides is 1. The zero-order valence-corrected chi connectivity index (χ0v) is 15.6. The molecule has 1 amide bonds. The van der Waals surface area contributed by atoms with Crippen molar-refractivity contribution in [1.29, 1.82) is 0 Å². The summed E-state index contributed by atoms with van der Waals surface area (Å²) in [6.07, 6.45) is 2.47. The predicted molar refractivity (Wildman–Crippen MR) is 100 cm³/mol. The van der Waals surface area contributed by atoms with Gasteiger partial charge < -0.3 is 10.2 Å². The van der Waals surface area contributed by atoms with Crippen molar-refractivity contribution >= 4 is 18.3 Å². The SMILES string of the molecule is CNCC1CCN(C(=O)Cc2nnn(-c3ccccc3)c2C)CC1.Cl. The Morgan fingerprint density at radius 2 is 1.92 bits per heavy atom. The van der Waals surface area contributed by atoms with Gasteiger partial charge in [-0.25, -0.2) is 4.68 Å². The summed E-state index contributed by atoms with van der Waals surface area (Å²) in [5, 5.41) is 11.7. The van der Waals surface area contributed by atoms with Gasteiger partial charge in [-0.05, 0) is 51.4 Å². The predicted octanol–water partition coefficient (Wildman–Crippen LogP) is 2.00. The molecule has 1 fully saturated rings. The molecule has 0 radical (unpaired) electrons. The molecule has 25 heavy (non-hydrogen) atoms. The van der Waals surface area contributed by atoms with Crippen LogP contribution in [0.25, 0.3) is 5.69 Å². The second-order valence-electron chi connectivity index (χ2n) is 6.43. The molecule has 0 saturated carbocycles. The third-order valence-corrected chi connectivity index (χ3v) is 4.77. The molecule has 1 aromatic carbocycles. The van der Waals surface area contributed by atoms with E-state index in [2.05, 4.69) is 15.6 Å². The number of benzene rings is 1. The topological polar surface area (TPSA) is 63.1 Å². The summed E-state index contributed by atoms with van der Waals surface area (Å²) in [6.45, 7) is 4.69. The molecule has 0 bridgehead atoms. The minimum absolute atomic E-state index is 0. The Bertz CT molecular complexity index is 680. The molecule has 0 spiro atoms. The van der Waals surface area contributed by atoms with E-state index in [1.165, 1.54) is 0 Å². The summed E-state index contributed by atoms with van der Waals surface area (Å²) >= 11 is 0. The van der Waals surface area contributed by atoms with Crippen LogP contribution in [0.3, 0.4) is 0 Å². The molecule has 1 N–H and O–H groups in total. The van der Waals surface area contributed by atoms with Crippen molar-refractivity contribution < 1.29 is 4.79 Å². The third kappa shape index (κ3) is 4.58. The van der Waals surface area contributed by atoms with Crippen LogP contribution in [0.5, 0.6) is 0 Å². The molecule has 1 saturated heterocycles. The lowest BCUT2D eigenvalue weighted by Gasteiger charge is -2.31. The second kappa shape index (κ2) is 8.97. The molecule has 7 heteroatoms. The molecule has 6 nitrogen and oxygen atoms in total. The van der Waals surface area contributed by atoms with Crippen molar-refractivity contribution in [2.45, 2.75) is 26.2 Å². The number of piperidine rings is 1. The van der Waals surface area contributed by atoms with Crippen LogP contribution in [0.2, 0.25) is 0 Å². The third-order valence-electron chi connectivity index (χ3n) is 4.77. The van der Waals surface area contributed by atoms with Crippen molar-refractivity contribution in [2.24, 2.45) is 5.92 Å². The maximum atomic E-state index is 12.6. The number of hydrogen-bond acceptors (Lipinski definition) is 4. The molecule has 136 valence electrons. The van der Waals surface area contributed by atoms with Crippen LogP contribution < -0.4 is 5.32 Å². The Morgan fingerprint density at radius 3 is 2.56 bits per heavy atom. The summed E-state index contributed by atoms with van der Waals surface area (Å²) in [5.74, 6) is 0.834. The molecule has 2 heterocycles. The minimum Gasteiger partial charge on any atom is -0.342 e. The number of halogens is 1. The molecule has 0 unspecified atom stereocenters. The molecule has 0 atom stereocenters. The molecule has 3 rings (SSSR count). The van der Waals surface area contributed by atoms with Crippen LogP contribution in [0.1, 0.15) is 24.2 Å². The quantitative estimate of drug-likeness (QED) is 0.882. The lowest BCUT2D eigenvalue weighted by Crippen LogP contribution is -2.41. The molecular weight excluding hydrogens is 338 g/mol. The van der Waals surface area contributed by atoms with Gasteiger partial charge >= 0.3 is 0 Å². The summed E-state index contributed by atoms with van der Waals surface area (Å²) in [4.78, 5) is 14.5. The van der Waals surface area contributed by atoms with Gasteiger partial charge in [0.05, 0.1) is 23.5 Å². The van der Waals surface area contributed by atoms with Crippen LogP contribution >= 0.6 is 12.4 Å². The van der Waals surface area contributed by atoms with Gasteiger partial charge in [-0.3, -0.25) is 4.79 Å². The standard InChI is InChI=1S/C18H25N5O.ClH/c1-14-17(20-21-23(14)16-6-4-3-5-7-16)12-18(24)22-10-8-15(9-11-22)13-19-2;/h3-7,15,19H,8-13H2,1-2H3;1H. The average Bonchev–Trinajstić information content (AvgIpc) is 2.97. The lowest BCUT2D eigenvalue weighted by atomic mass is 9.96. The fourth-order valence-corrected chi connectivity index (χ4v) is 3.27. The van der Waals surface area contributed by atoms with Gasteiger partial charge in [-0.2, -0.15) is 0 Å². The number of rotatable bonds is 5. The smallest absolute Gasteiger partial charge is 0.228 e. The summed E-state index contributed by atoms with van der Waals surface area (Å²) < 4.78 is 1.79. The lowest BCUT2D eigenvalue weighted by molar-refractivity contribution is -0.131. The van der Waals surface area contributed by atoms with Crippen LogP contribution in [0.4, 0.5) is 0 Å². The summed E-state index contributed by atoms with van der Waals surface area (Å²) in [6, 6.07) is 9.88. The average molecular weight is 364 g/mol. The van der Waals surface area contributed by atoms with Crippen LogP contribution in [0.15, 0.2) is 30.3 Å². The first-order chi connectivity index (χ1) is 11.7. The van der Waals surface area contributed by atoms with Crippen LogP contribution in [-0.2, 0) is 11.2 Å². The molecule has 2 aromatic rings. The van der Waals surface area contributed by atoms with E-state index in [-0.39, 0.29) is 18.3 Å². The Labute approximate surface area is 155 Å². The number of para-hydroxylation sites is 1. The molecule has 1 aliphatic heterocycles. The van der Waals surface area contributed by atoms with Gasteiger partial charge in [0, 0.05) is 13.1 Å². The summed E-state index contributed by atoms with van der Waals surface area (Å²) in [5.41, 5.74) is 2.66. The highest BCUT2D eigenvalue weighted by atomic mass is 35.5. The zero-order valence-electron chi connectivity index (χ0n) is 14.8. The van der Waals surface area contributed by atoms with Crippen molar-refractivity contribution in [3.05, 3.63) is 41.7 Å². The molecule has 0 aliphatic carbocycles. The van der Waals surface area contributed by atoms with E-state index in [0.29, 0.717) is 12.3 Å². The van der Waals surface area contributed by atoms with Gasteiger partial charge in [-0.15, -0.1) is 17.5 Å². The fraction of sp³-hybridized carbons (Fsp3) is 0.500. The molecule has 1 aliphatic rings. The van der Waals surface area contributed by atoms with Crippen LogP contribution in [0, 0.1) is 12.8 Å². The van der Waals surface area contributed by atoms with E-state index < -0.39 is 0 Å². The van der Waals surface area contributed by atoms with Crippen molar-refractivity contribution in [3.63, 3.8) is 0 Å². The minimum atomic E-state index is 0. The Hall–Kier alpha value is -1.92. The number of likely N-dealkylation sites (tertiary alicyclic amines) is 1. The highest BCUT2D eigenvalue weighted by Gasteiger charge is 2.24. The van der Waals surface area contributed by atoms with Gasteiger partial charge in [0.1, 0.15) is 0 Å². The van der Waals surface area contributed by atoms with Crippen molar-refractivity contribution in [3.8, 4) is 5.69 Å². The van der Waals surface area contributed by atoms with Crippen molar-refractivity contribution in [2.75, 3.05) is 26.7 Å². The molecule has 1 aromatic heterocycles. The van der Waals surface area contributed by atoms with Gasteiger partial charge in [0.2, 0.25) is 5.91 Å². The molecular formula is C18H26ClN5O. The highest BCUT2D eigenvalue weighted by Crippen LogP contribution is 2.18. The van der Waals surface area contributed by atoms with Gasteiger partial charge in [0.25, 0.3) is 0 Å². The van der Waals surface area contributed by atoms with E-state index >= 15 is 0 Å². The van der Waals surface area contributed by atoms with Gasteiger partial charge in [-0.1, -0.05) is 23.4 Å². The van der Waals surface area contributed by atoms with E-state index in [1.807, 2.05) is 49.2 Å². The van der Waals surface area contributed by atoms with E-state index in [1.54, 1.807) is 4.68 Å². The largest absolute Gasteiger partial charge is 0.342 e. The Kier molecular flexibility index (Phi) is 6.96.